The van der Waals surface area contributed by atoms with Crippen molar-refractivity contribution in [2.45, 2.75) is 45.4 Å². The van der Waals surface area contributed by atoms with E-state index in [1.54, 1.807) is 6.20 Å². The van der Waals surface area contributed by atoms with Gasteiger partial charge in [-0.3, -0.25) is 9.98 Å². The molecule has 0 heterocycles. The summed E-state index contributed by atoms with van der Waals surface area (Å²) < 4.78 is 0. The standard InChI is InChI=1S/C12H22N2/c1-4-5-6-7-8-9-12(14-3)10-11-13-2/h10-11H,2,4-9H2,1,3H3/b11-10-,14-12?. The van der Waals surface area contributed by atoms with Crippen LogP contribution in [0.15, 0.2) is 22.3 Å². The first-order valence-electron chi connectivity index (χ1n) is 5.43. The molecule has 0 radical (unpaired) electrons. The molecule has 0 aliphatic heterocycles. The summed E-state index contributed by atoms with van der Waals surface area (Å²) in [6.45, 7) is 5.63. The number of rotatable bonds is 8. The molecule has 80 valence electrons. The van der Waals surface area contributed by atoms with Gasteiger partial charge in [-0.25, -0.2) is 0 Å². The van der Waals surface area contributed by atoms with Gasteiger partial charge in [0.1, 0.15) is 0 Å². The predicted molar refractivity (Wildman–Crippen MR) is 65.4 cm³/mol. The van der Waals surface area contributed by atoms with Gasteiger partial charge in [-0.05, 0) is 25.6 Å². The van der Waals surface area contributed by atoms with Crippen molar-refractivity contribution in [1.82, 2.24) is 0 Å². The maximum absolute atomic E-state index is 4.19. The molecule has 0 amide bonds. The lowest BCUT2D eigenvalue weighted by Crippen LogP contribution is -1.93. The molecule has 0 atom stereocenters. The highest BCUT2D eigenvalue weighted by atomic mass is 14.7. The lowest BCUT2D eigenvalue weighted by molar-refractivity contribution is 0.643. The SMILES string of the molecule is C=N/C=C\C(CCCCCCC)=NC. The molecule has 0 aromatic rings. The first-order chi connectivity index (χ1) is 6.85. The van der Waals surface area contributed by atoms with Crippen molar-refractivity contribution in [2.75, 3.05) is 7.05 Å². The summed E-state index contributed by atoms with van der Waals surface area (Å²) in [6, 6.07) is 0. The van der Waals surface area contributed by atoms with Gasteiger partial charge in [-0.2, -0.15) is 0 Å². The second-order valence-corrected chi connectivity index (χ2v) is 3.38. The van der Waals surface area contributed by atoms with Crippen LogP contribution < -0.4 is 0 Å². The second-order valence-electron chi connectivity index (χ2n) is 3.38. The molecule has 0 saturated heterocycles. The third-order valence-corrected chi connectivity index (χ3v) is 2.20. The van der Waals surface area contributed by atoms with Gasteiger partial charge in [0.2, 0.25) is 0 Å². The van der Waals surface area contributed by atoms with Crippen LogP contribution >= 0.6 is 0 Å². The minimum absolute atomic E-state index is 1.06. The van der Waals surface area contributed by atoms with Crippen LogP contribution in [-0.4, -0.2) is 19.5 Å². The first-order valence-corrected chi connectivity index (χ1v) is 5.43. The summed E-state index contributed by atoms with van der Waals surface area (Å²) in [5.74, 6) is 0. The minimum atomic E-state index is 1.06. The third-order valence-electron chi connectivity index (χ3n) is 2.20. The van der Waals surface area contributed by atoms with E-state index in [2.05, 4.69) is 23.6 Å². The average Bonchev–Trinajstić information content (AvgIpc) is 2.22. The summed E-state index contributed by atoms with van der Waals surface area (Å²) in [4.78, 5) is 7.86. The van der Waals surface area contributed by atoms with Crippen LogP contribution in [-0.2, 0) is 0 Å². The second kappa shape index (κ2) is 10.2. The minimum Gasteiger partial charge on any atom is -0.293 e. The first kappa shape index (κ1) is 13.1. The zero-order valence-electron chi connectivity index (χ0n) is 9.50. The van der Waals surface area contributed by atoms with Gasteiger partial charge in [0.05, 0.1) is 0 Å². The fraction of sp³-hybridized carbons (Fsp3) is 0.667. The van der Waals surface area contributed by atoms with Crippen LogP contribution in [0.25, 0.3) is 0 Å². The fourth-order valence-electron chi connectivity index (χ4n) is 1.32. The molecular weight excluding hydrogens is 172 g/mol. The van der Waals surface area contributed by atoms with E-state index in [1.165, 1.54) is 32.1 Å². The van der Waals surface area contributed by atoms with Crippen molar-refractivity contribution in [3.05, 3.63) is 12.3 Å². The Kier molecular flexibility index (Phi) is 9.49. The largest absolute Gasteiger partial charge is 0.293 e. The van der Waals surface area contributed by atoms with E-state index in [0.29, 0.717) is 0 Å². The molecule has 0 saturated carbocycles. The molecule has 2 nitrogen and oxygen atoms in total. The topological polar surface area (TPSA) is 24.7 Å². The molecular formula is C12H22N2. The molecule has 0 N–H and O–H groups in total. The van der Waals surface area contributed by atoms with Crippen LogP contribution in [0.5, 0.6) is 0 Å². The van der Waals surface area contributed by atoms with Crippen molar-refractivity contribution in [1.29, 1.82) is 0 Å². The molecule has 0 aliphatic carbocycles. The molecule has 0 spiro atoms. The van der Waals surface area contributed by atoms with Crippen molar-refractivity contribution >= 4 is 12.4 Å². The van der Waals surface area contributed by atoms with E-state index in [1.807, 2.05) is 13.1 Å². The summed E-state index contributed by atoms with van der Waals surface area (Å²) in [6.07, 6.45) is 11.2. The Morgan fingerprint density at radius 3 is 2.50 bits per heavy atom. The van der Waals surface area contributed by atoms with Gasteiger partial charge in [0.25, 0.3) is 0 Å². The number of aliphatic imine (C=N–C) groups is 2. The quantitative estimate of drug-likeness (QED) is 0.416. The Hall–Kier alpha value is -0.920. The van der Waals surface area contributed by atoms with Gasteiger partial charge in [-0.1, -0.05) is 32.6 Å². The number of allylic oxidation sites excluding steroid dienone is 1. The Bertz CT molecular complexity index is 192. The molecule has 0 unspecified atom stereocenters. The van der Waals surface area contributed by atoms with Crippen LogP contribution in [0.4, 0.5) is 0 Å². The molecule has 0 aliphatic rings. The average molecular weight is 194 g/mol. The summed E-state index contributed by atoms with van der Waals surface area (Å²) in [5.41, 5.74) is 1.12. The van der Waals surface area contributed by atoms with Gasteiger partial charge in [0.15, 0.2) is 0 Å². The summed E-state index contributed by atoms with van der Waals surface area (Å²) >= 11 is 0. The molecule has 2 heteroatoms. The Labute approximate surface area is 87.9 Å². The maximum Gasteiger partial charge on any atom is 0.0360 e. The Morgan fingerprint density at radius 1 is 1.21 bits per heavy atom. The van der Waals surface area contributed by atoms with Crippen LogP contribution in [0.1, 0.15) is 45.4 Å². The van der Waals surface area contributed by atoms with E-state index < -0.39 is 0 Å². The molecule has 0 aromatic heterocycles. The van der Waals surface area contributed by atoms with Crippen molar-refractivity contribution in [3.63, 3.8) is 0 Å². The smallest absolute Gasteiger partial charge is 0.0360 e. The van der Waals surface area contributed by atoms with Crippen molar-refractivity contribution < 1.29 is 0 Å². The number of unbranched alkanes of at least 4 members (excludes halogenated alkanes) is 4. The van der Waals surface area contributed by atoms with Gasteiger partial charge in [0, 0.05) is 19.0 Å². The van der Waals surface area contributed by atoms with Crippen molar-refractivity contribution in [3.8, 4) is 0 Å². The van der Waals surface area contributed by atoms with Crippen LogP contribution in [0.2, 0.25) is 0 Å². The lowest BCUT2D eigenvalue weighted by Gasteiger charge is -2.00. The van der Waals surface area contributed by atoms with Gasteiger partial charge in [-0.15, -0.1) is 0 Å². The number of nitrogens with zero attached hydrogens (tertiary/aromatic N) is 2. The van der Waals surface area contributed by atoms with E-state index in [9.17, 15) is 0 Å². The van der Waals surface area contributed by atoms with Gasteiger partial charge >= 0.3 is 0 Å². The molecule has 0 fully saturated rings. The zero-order valence-corrected chi connectivity index (χ0v) is 9.50. The predicted octanol–water partition coefficient (Wildman–Crippen LogP) is 3.63. The van der Waals surface area contributed by atoms with E-state index in [0.717, 1.165) is 12.1 Å². The van der Waals surface area contributed by atoms with Crippen LogP contribution in [0, 0.1) is 0 Å². The Morgan fingerprint density at radius 2 is 1.93 bits per heavy atom. The van der Waals surface area contributed by atoms with E-state index >= 15 is 0 Å². The van der Waals surface area contributed by atoms with Crippen molar-refractivity contribution in [2.24, 2.45) is 9.98 Å². The van der Waals surface area contributed by atoms with Gasteiger partial charge < -0.3 is 0 Å². The molecule has 14 heavy (non-hydrogen) atoms. The lowest BCUT2D eigenvalue weighted by atomic mass is 10.1. The Balaban J connectivity index is 3.54. The third kappa shape index (κ3) is 7.71. The fourth-order valence-corrected chi connectivity index (χ4v) is 1.32. The monoisotopic (exact) mass is 194 g/mol. The molecule has 0 aromatic carbocycles. The maximum atomic E-state index is 4.19. The highest BCUT2D eigenvalue weighted by Crippen LogP contribution is 2.06. The summed E-state index contributed by atoms with van der Waals surface area (Å²) in [7, 11) is 1.83. The summed E-state index contributed by atoms with van der Waals surface area (Å²) in [5, 5.41) is 0. The molecule has 0 rings (SSSR count). The van der Waals surface area contributed by atoms with Crippen LogP contribution in [0.3, 0.4) is 0 Å². The molecule has 0 bridgehead atoms. The van der Waals surface area contributed by atoms with E-state index in [4.69, 9.17) is 0 Å². The number of hydrogen-bond acceptors (Lipinski definition) is 2. The normalized spacial score (nSPS) is 12.3. The highest BCUT2D eigenvalue weighted by Gasteiger charge is 1.93. The zero-order chi connectivity index (χ0) is 10.6. The number of hydrogen-bond donors (Lipinski definition) is 0. The van der Waals surface area contributed by atoms with E-state index in [-0.39, 0.29) is 0 Å². The highest BCUT2D eigenvalue weighted by molar-refractivity contribution is 5.94.